The number of benzene rings is 2. The average Bonchev–Trinajstić information content (AvgIpc) is 3.38. The molecule has 0 aliphatic carbocycles. The number of amides is 1. The maximum Gasteiger partial charge on any atom is 0.416 e. The quantitative estimate of drug-likeness (QED) is 0.408. The second kappa shape index (κ2) is 9.31. The SMILES string of the molecule is O=C1N=C(N2CCSCC2)SC1=Cc1ccc2c(cnn2Cc2ccc(Cl)cc2C(F)(F)F)c1. The first-order valence-electron chi connectivity index (χ1n) is 10.4. The molecule has 5 nitrogen and oxygen atoms in total. The summed E-state index contributed by atoms with van der Waals surface area (Å²) < 4.78 is 41.9. The highest BCUT2D eigenvalue weighted by molar-refractivity contribution is 8.18. The Morgan fingerprint density at radius 1 is 1.12 bits per heavy atom. The van der Waals surface area contributed by atoms with Gasteiger partial charge in [-0.05, 0) is 53.2 Å². The summed E-state index contributed by atoms with van der Waals surface area (Å²) in [6.45, 7) is 1.72. The minimum absolute atomic E-state index is 0.0321. The van der Waals surface area contributed by atoms with Crippen LogP contribution in [0.4, 0.5) is 13.2 Å². The molecular formula is C23H18ClF3N4OS2. The Hall–Kier alpha value is -2.43. The van der Waals surface area contributed by atoms with Crippen LogP contribution in [0.15, 0.2) is 52.5 Å². The van der Waals surface area contributed by atoms with Crippen molar-refractivity contribution in [3.05, 3.63) is 69.2 Å². The summed E-state index contributed by atoms with van der Waals surface area (Å²) in [5.74, 6) is 1.79. The van der Waals surface area contributed by atoms with E-state index in [0.717, 1.165) is 46.8 Å². The lowest BCUT2D eigenvalue weighted by Crippen LogP contribution is -2.35. The second-order valence-electron chi connectivity index (χ2n) is 7.83. The van der Waals surface area contributed by atoms with E-state index in [1.54, 1.807) is 18.3 Å². The topological polar surface area (TPSA) is 50.5 Å². The van der Waals surface area contributed by atoms with Crippen LogP contribution in [0.2, 0.25) is 5.02 Å². The minimum Gasteiger partial charge on any atom is -0.349 e. The minimum atomic E-state index is -4.51. The number of nitrogens with zero attached hydrogens (tertiary/aromatic N) is 4. The zero-order valence-electron chi connectivity index (χ0n) is 17.7. The van der Waals surface area contributed by atoms with Crippen molar-refractivity contribution in [1.29, 1.82) is 0 Å². The van der Waals surface area contributed by atoms with Crippen LogP contribution < -0.4 is 0 Å². The van der Waals surface area contributed by atoms with Gasteiger partial charge in [0, 0.05) is 35.0 Å². The van der Waals surface area contributed by atoms with Gasteiger partial charge in [0.1, 0.15) is 0 Å². The Balaban J connectivity index is 1.37. The van der Waals surface area contributed by atoms with E-state index in [1.165, 1.54) is 28.6 Å². The van der Waals surface area contributed by atoms with Crippen LogP contribution in [0.25, 0.3) is 17.0 Å². The molecule has 3 heterocycles. The third-order valence-corrected chi connectivity index (χ3v) is 7.77. The molecule has 2 aliphatic rings. The first-order chi connectivity index (χ1) is 16.3. The van der Waals surface area contributed by atoms with Crippen molar-refractivity contribution in [2.75, 3.05) is 24.6 Å². The molecule has 176 valence electrons. The fraction of sp³-hybridized carbons (Fsp3) is 0.261. The number of thioether (sulfide) groups is 2. The van der Waals surface area contributed by atoms with Crippen molar-refractivity contribution >= 4 is 63.2 Å². The van der Waals surface area contributed by atoms with Crippen LogP contribution >= 0.6 is 35.1 Å². The Bertz CT molecular complexity index is 1330. The van der Waals surface area contributed by atoms with Crippen LogP contribution in [-0.4, -0.2) is 50.4 Å². The van der Waals surface area contributed by atoms with Crippen molar-refractivity contribution in [2.45, 2.75) is 12.7 Å². The van der Waals surface area contributed by atoms with E-state index in [2.05, 4.69) is 15.0 Å². The van der Waals surface area contributed by atoms with Gasteiger partial charge in [-0.1, -0.05) is 23.7 Å². The molecule has 0 N–H and O–H groups in total. The van der Waals surface area contributed by atoms with Gasteiger partial charge < -0.3 is 4.90 Å². The molecule has 2 aliphatic heterocycles. The molecule has 0 atom stereocenters. The number of hydrogen-bond donors (Lipinski definition) is 0. The van der Waals surface area contributed by atoms with Gasteiger partial charge >= 0.3 is 6.18 Å². The Morgan fingerprint density at radius 2 is 1.91 bits per heavy atom. The smallest absolute Gasteiger partial charge is 0.349 e. The first-order valence-corrected chi connectivity index (χ1v) is 12.8. The molecule has 11 heteroatoms. The zero-order valence-corrected chi connectivity index (χ0v) is 20.1. The van der Waals surface area contributed by atoms with E-state index in [-0.39, 0.29) is 23.0 Å². The summed E-state index contributed by atoms with van der Waals surface area (Å²) in [6.07, 6.45) is -1.11. The van der Waals surface area contributed by atoms with Crippen LogP contribution in [0.1, 0.15) is 16.7 Å². The van der Waals surface area contributed by atoms with Gasteiger partial charge in [0.2, 0.25) is 0 Å². The number of fused-ring (bicyclic) bond motifs is 1. The van der Waals surface area contributed by atoms with Gasteiger partial charge in [0.15, 0.2) is 5.17 Å². The normalized spacial score (nSPS) is 18.2. The summed E-state index contributed by atoms with van der Waals surface area (Å²) >= 11 is 9.06. The van der Waals surface area contributed by atoms with Gasteiger partial charge in [-0.15, -0.1) is 0 Å². The second-order valence-corrected chi connectivity index (χ2v) is 10.5. The first kappa shape index (κ1) is 23.3. The number of amidine groups is 1. The highest BCUT2D eigenvalue weighted by atomic mass is 35.5. The van der Waals surface area contributed by atoms with E-state index in [0.29, 0.717) is 10.4 Å². The molecule has 1 saturated heterocycles. The standard InChI is InChI=1S/C23H18ClF3N4OS2/c24-17-3-2-15(18(11-17)23(25,26)27)13-31-19-4-1-14(9-16(19)12-28-31)10-20-21(32)29-22(34-20)30-5-7-33-8-6-30/h1-4,9-12H,5-8,13H2. The van der Waals surface area contributed by atoms with Crippen molar-refractivity contribution in [2.24, 2.45) is 4.99 Å². The summed E-state index contributed by atoms with van der Waals surface area (Å²) in [5.41, 5.74) is 0.807. The molecule has 0 spiro atoms. The number of hydrogen-bond acceptors (Lipinski definition) is 5. The lowest BCUT2D eigenvalue weighted by molar-refractivity contribution is -0.138. The average molecular weight is 523 g/mol. The molecule has 2 aromatic carbocycles. The fourth-order valence-electron chi connectivity index (χ4n) is 3.87. The number of alkyl halides is 3. The lowest BCUT2D eigenvalue weighted by Gasteiger charge is -2.26. The van der Waals surface area contributed by atoms with Crippen molar-refractivity contribution in [1.82, 2.24) is 14.7 Å². The van der Waals surface area contributed by atoms with Crippen molar-refractivity contribution in [3.8, 4) is 0 Å². The molecule has 0 radical (unpaired) electrons. The summed E-state index contributed by atoms with van der Waals surface area (Å²) in [6, 6.07) is 9.23. The molecule has 1 amide bonds. The van der Waals surface area contributed by atoms with Gasteiger partial charge in [-0.3, -0.25) is 9.48 Å². The van der Waals surface area contributed by atoms with Gasteiger partial charge in [-0.25, -0.2) is 0 Å². The molecule has 5 rings (SSSR count). The van der Waals surface area contributed by atoms with E-state index < -0.39 is 11.7 Å². The number of aliphatic imine (C=N–C) groups is 1. The summed E-state index contributed by atoms with van der Waals surface area (Å²) in [4.78, 5) is 19.3. The zero-order chi connectivity index (χ0) is 23.9. The van der Waals surface area contributed by atoms with Crippen LogP contribution in [0, 0.1) is 0 Å². The predicted molar refractivity (Wildman–Crippen MR) is 132 cm³/mol. The predicted octanol–water partition coefficient (Wildman–Crippen LogP) is 5.78. The number of aromatic nitrogens is 2. The molecule has 0 saturated carbocycles. The number of rotatable bonds is 3. The lowest BCUT2D eigenvalue weighted by atomic mass is 10.1. The van der Waals surface area contributed by atoms with Gasteiger partial charge in [0.05, 0.1) is 28.7 Å². The maximum absolute atomic E-state index is 13.5. The van der Waals surface area contributed by atoms with Gasteiger partial charge in [-0.2, -0.15) is 35.0 Å². The number of carbonyl (C=O) groups excluding carboxylic acids is 1. The third kappa shape index (κ3) is 4.85. The molecule has 0 bridgehead atoms. The van der Waals surface area contributed by atoms with Crippen molar-refractivity contribution in [3.63, 3.8) is 0 Å². The van der Waals surface area contributed by atoms with E-state index in [4.69, 9.17) is 11.6 Å². The Kier molecular flexibility index (Phi) is 6.39. The van der Waals surface area contributed by atoms with Crippen LogP contribution in [0.3, 0.4) is 0 Å². The third-order valence-electron chi connectivity index (χ3n) is 5.55. The van der Waals surface area contributed by atoms with Gasteiger partial charge in [0.25, 0.3) is 5.91 Å². The molecule has 1 fully saturated rings. The Morgan fingerprint density at radius 3 is 2.68 bits per heavy atom. The number of halogens is 4. The highest BCUT2D eigenvalue weighted by Crippen LogP contribution is 2.35. The van der Waals surface area contributed by atoms with Crippen molar-refractivity contribution < 1.29 is 18.0 Å². The largest absolute Gasteiger partial charge is 0.416 e. The Labute approximate surface area is 207 Å². The summed E-state index contributed by atoms with van der Waals surface area (Å²) in [5, 5.41) is 5.83. The monoisotopic (exact) mass is 522 g/mol. The maximum atomic E-state index is 13.5. The molecule has 1 aromatic heterocycles. The van der Waals surface area contributed by atoms with E-state index >= 15 is 0 Å². The highest BCUT2D eigenvalue weighted by Gasteiger charge is 2.33. The van der Waals surface area contributed by atoms with Crippen LogP contribution in [0.5, 0.6) is 0 Å². The fourth-order valence-corrected chi connectivity index (χ4v) is 5.91. The number of carbonyl (C=O) groups is 1. The molecule has 34 heavy (non-hydrogen) atoms. The molecule has 3 aromatic rings. The van der Waals surface area contributed by atoms with E-state index in [1.807, 2.05) is 23.9 Å². The molecule has 0 unspecified atom stereocenters. The summed E-state index contributed by atoms with van der Waals surface area (Å²) in [7, 11) is 0. The van der Waals surface area contributed by atoms with Crippen LogP contribution in [-0.2, 0) is 17.5 Å². The van der Waals surface area contributed by atoms with E-state index in [9.17, 15) is 18.0 Å². The molecular weight excluding hydrogens is 505 g/mol.